The van der Waals surface area contributed by atoms with Gasteiger partial charge in [-0.15, -0.1) is 0 Å². The van der Waals surface area contributed by atoms with E-state index in [4.69, 9.17) is 15.2 Å². The second-order valence-corrected chi connectivity index (χ2v) is 5.38. The lowest BCUT2D eigenvalue weighted by molar-refractivity contribution is -0.148. The van der Waals surface area contributed by atoms with Crippen LogP contribution in [0, 0.1) is 5.92 Å². The highest BCUT2D eigenvalue weighted by Gasteiger charge is 2.27. The average Bonchev–Trinajstić information content (AvgIpc) is 2.53. The zero-order chi connectivity index (χ0) is 14.4. The quantitative estimate of drug-likeness (QED) is 0.840. The summed E-state index contributed by atoms with van der Waals surface area (Å²) in [6, 6.07) is 7.00. The fraction of sp³-hybridized carbons (Fsp3) is 0.562. The molecule has 0 spiro atoms. The first-order valence-electron chi connectivity index (χ1n) is 7.26. The van der Waals surface area contributed by atoms with E-state index in [9.17, 15) is 4.79 Å². The van der Waals surface area contributed by atoms with Crippen molar-refractivity contribution >= 4 is 5.97 Å². The summed E-state index contributed by atoms with van der Waals surface area (Å²) >= 11 is 0. The molecule has 20 heavy (non-hydrogen) atoms. The van der Waals surface area contributed by atoms with Crippen LogP contribution in [0.25, 0.3) is 0 Å². The van der Waals surface area contributed by atoms with Crippen molar-refractivity contribution in [1.82, 2.24) is 0 Å². The molecule has 1 fully saturated rings. The third kappa shape index (κ3) is 3.97. The van der Waals surface area contributed by atoms with E-state index in [1.165, 1.54) is 19.3 Å². The number of hydrogen-bond acceptors (Lipinski definition) is 4. The molecule has 2 rings (SSSR count). The predicted octanol–water partition coefficient (Wildman–Crippen LogP) is 2.65. The molecule has 1 unspecified atom stereocenters. The number of hydrogen-bond donors (Lipinski definition) is 1. The van der Waals surface area contributed by atoms with Crippen molar-refractivity contribution in [2.24, 2.45) is 11.7 Å². The Kier molecular flexibility index (Phi) is 5.41. The first-order valence-corrected chi connectivity index (χ1v) is 7.26. The largest absolute Gasteiger partial charge is 0.497 e. The smallest absolute Gasteiger partial charge is 0.323 e. The van der Waals surface area contributed by atoms with Crippen LogP contribution in [0.4, 0.5) is 0 Å². The number of nitrogens with two attached hydrogens (primary N) is 1. The van der Waals surface area contributed by atoms with Crippen molar-refractivity contribution in [1.29, 1.82) is 0 Å². The van der Waals surface area contributed by atoms with Crippen LogP contribution in [0.1, 0.15) is 37.7 Å². The van der Waals surface area contributed by atoms with Gasteiger partial charge in [0.05, 0.1) is 7.11 Å². The number of methoxy groups -OCH3 is 1. The molecule has 1 aliphatic carbocycles. The van der Waals surface area contributed by atoms with Gasteiger partial charge in [-0.25, -0.2) is 0 Å². The van der Waals surface area contributed by atoms with Crippen LogP contribution in [0.5, 0.6) is 5.75 Å². The third-order valence-electron chi connectivity index (χ3n) is 3.97. The van der Waals surface area contributed by atoms with Crippen LogP contribution in [-0.2, 0) is 16.1 Å². The van der Waals surface area contributed by atoms with Crippen LogP contribution in [0.15, 0.2) is 24.3 Å². The SMILES string of the molecule is COc1ccc(COC(=O)C(N)C2CCCCC2)cc1. The van der Waals surface area contributed by atoms with E-state index in [1.807, 2.05) is 24.3 Å². The van der Waals surface area contributed by atoms with Crippen LogP contribution < -0.4 is 10.5 Å². The molecule has 1 aromatic rings. The lowest BCUT2D eigenvalue weighted by Crippen LogP contribution is -2.40. The molecule has 0 bridgehead atoms. The molecule has 0 saturated heterocycles. The van der Waals surface area contributed by atoms with Crippen LogP contribution in [0.3, 0.4) is 0 Å². The van der Waals surface area contributed by atoms with Crippen LogP contribution in [-0.4, -0.2) is 19.1 Å². The summed E-state index contributed by atoms with van der Waals surface area (Å²) in [5.41, 5.74) is 6.95. The minimum Gasteiger partial charge on any atom is -0.497 e. The summed E-state index contributed by atoms with van der Waals surface area (Å²) in [5, 5.41) is 0. The van der Waals surface area contributed by atoms with Gasteiger partial charge in [-0.2, -0.15) is 0 Å². The molecule has 0 radical (unpaired) electrons. The summed E-state index contributed by atoms with van der Waals surface area (Å²) in [4.78, 5) is 12.0. The van der Waals surface area contributed by atoms with Crippen molar-refractivity contribution in [3.8, 4) is 5.75 Å². The van der Waals surface area contributed by atoms with Gasteiger partial charge in [0.25, 0.3) is 0 Å². The highest BCUT2D eigenvalue weighted by atomic mass is 16.5. The van der Waals surface area contributed by atoms with E-state index in [-0.39, 0.29) is 18.5 Å². The van der Waals surface area contributed by atoms with Crippen molar-refractivity contribution < 1.29 is 14.3 Å². The van der Waals surface area contributed by atoms with Crippen molar-refractivity contribution in [2.75, 3.05) is 7.11 Å². The molecule has 1 atom stereocenters. The summed E-state index contributed by atoms with van der Waals surface area (Å²) in [5.74, 6) is 0.791. The van der Waals surface area contributed by atoms with Crippen molar-refractivity contribution in [3.63, 3.8) is 0 Å². The van der Waals surface area contributed by atoms with Gasteiger partial charge in [0.1, 0.15) is 18.4 Å². The Morgan fingerprint density at radius 1 is 1.25 bits per heavy atom. The van der Waals surface area contributed by atoms with Gasteiger partial charge in [0.2, 0.25) is 0 Å². The number of rotatable bonds is 5. The monoisotopic (exact) mass is 277 g/mol. The minimum absolute atomic E-state index is 0.267. The summed E-state index contributed by atoms with van der Waals surface area (Å²) < 4.78 is 10.4. The molecular weight excluding hydrogens is 254 g/mol. The van der Waals surface area contributed by atoms with E-state index < -0.39 is 6.04 Å². The number of carbonyl (C=O) groups excluding carboxylic acids is 1. The maximum Gasteiger partial charge on any atom is 0.323 e. The Labute approximate surface area is 120 Å². The Balaban J connectivity index is 1.81. The van der Waals surface area contributed by atoms with Crippen molar-refractivity contribution in [3.05, 3.63) is 29.8 Å². The maximum atomic E-state index is 12.0. The van der Waals surface area contributed by atoms with E-state index in [0.717, 1.165) is 24.2 Å². The Hall–Kier alpha value is -1.55. The van der Waals surface area contributed by atoms with E-state index in [1.54, 1.807) is 7.11 Å². The minimum atomic E-state index is -0.478. The zero-order valence-corrected chi connectivity index (χ0v) is 12.0. The third-order valence-corrected chi connectivity index (χ3v) is 3.97. The second kappa shape index (κ2) is 7.29. The molecule has 110 valence electrons. The second-order valence-electron chi connectivity index (χ2n) is 5.38. The zero-order valence-electron chi connectivity index (χ0n) is 12.0. The Bertz CT molecular complexity index is 424. The molecular formula is C16H23NO3. The van der Waals surface area contributed by atoms with Gasteiger partial charge in [-0.1, -0.05) is 31.4 Å². The van der Waals surface area contributed by atoms with Gasteiger partial charge in [0, 0.05) is 0 Å². The number of benzene rings is 1. The Morgan fingerprint density at radius 2 is 1.90 bits per heavy atom. The first kappa shape index (κ1) is 14.9. The molecule has 0 amide bonds. The van der Waals surface area contributed by atoms with Gasteiger partial charge in [-0.3, -0.25) is 4.79 Å². The summed E-state index contributed by atoms with van der Waals surface area (Å²) in [6.45, 7) is 0.267. The lowest BCUT2D eigenvalue weighted by atomic mass is 9.84. The van der Waals surface area contributed by atoms with E-state index in [0.29, 0.717) is 0 Å². The fourth-order valence-electron chi connectivity index (χ4n) is 2.66. The average molecular weight is 277 g/mol. The topological polar surface area (TPSA) is 61.5 Å². The lowest BCUT2D eigenvalue weighted by Gasteiger charge is -2.25. The number of carbonyl (C=O) groups is 1. The van der Waals surface area contributed by atoms with Gasteiger partial charge in [0.15, 0.2) is 0 Å². The van der Waals surface area contributed by atoms with E-state index >= 15 is 0 Å². The van der Waals surface area contributed by atoms with Crippen molar-refractivity contribution in [2.45, 2.75) is 44.8 Å². The molecule has 0 heterocycles. The first-order chi connectivity index (χ1) is 9.70. The number of ether oxygens (including phenoxy) is 2. The van der Waals surface area contributed by atoms with Gasteiger partial charge >= 0.3 is 5.97 Å². The fourth-order valence-corrected chi connectivity index (χ4v) is 2.66. The highest BCUT2D eigenvalue weighted by molar-refractivity contribution is 5.75. The Morgan fingerprint density at radius 3 is 2.50 bits per heavy atom. The molecule has 0 aliphatic heterocycles. The molecule has 0 aromatic heterocycles. The molecule has 1 saturated carbocycles. The van der Waals surface area contributed by atoms with E-state index in [2.05, 4.69) is 0 Å². The summed E-state index contributed by atoms with van der Waals surface area (Å²) in [7, 11) is 1.62. The molecule has 4 heteroatoms. The van der Waals surface area contributed by atoms with Crippen LogP contribution in [0.2, 0.25) is 0 Å². The summed E-state index contributed by atoms with van der Waals surface area (Å²) in [6.07, 6.45) is 5.68. The van der Waals surface area contributed by atoms with Crippen LogP contribution >= 0.6 is 0 Å². The number of esters is 1. The molecule has 1 aromatic carbocycles. The standard InChI is InChI=1S/C16H23NO3/c1-19-14-9-7-12(8-10-14)11-20-16(18)15(17)13-5-3-2-4-6-13/h7-10,13,15H,2-6,11,17H2,1H3. The normalized spacial score (nSPS) is 17.5. The highest BCUT2D eigenvalue weighted by Crippen LogP contribution is 2.26. The van der Waals surface area contributed by atoms with Gasteiger partial charge < -0.3 is 15.2 Å². The maximum absolute atomic E-state index is 12.0. The molecule has 4 nitrogen and oxygen atoms in total. The molecule has 2 N–H and O–H groups in total. The van der Waals surface area contributed by atoms with Gasteiger partial charge in [-0.05, 0) is 36.5 Å². The molecule has 1 aliphatic rings. The predicted molar refractivity (Wildman–Crippen MR) is 77.3 cm³/mol.